The Morgan fingerprint density at radius 3 is 2.82 bits per heavy atom. The zero-order chi connectivity index (χ0) is 23.5. The maximum absolute atomic E-state index is 13.6. The number of nitrogens with zero attached hydrogens (tertiary/aromatic N) is 3. The van der Waals surface area contributed by atoms with Gasteiger partial charge in [0.1, 0.15) is 11.1 Å². The van der Waals surface area contributed by atoms with Crippen molar-refractivity contribution in [1.82, 2.24) is 9.55 Å². The second-order valence-electron chi connectivity index (χ2n) is 7.52. The molecule has 2 aromatic heterocycles. The van der Waals surface area contributed by atoms with E-state index in [1.165, 1.54) is 11.3 Å². The molecule has 0 bridgehead atoms. The zero-order valence-corrected chi connectivity index (χ0v) is 20.2. The van der Waals surface area contributed by atoms with Gasteiger partial charge in [0.15, 0.2) is 5.16 Å². The maximum Gasteiger partial charge on any atom is 0.266 e. The first-order chi connectivity index (χ1) is 15.9. The van der Waals surface area contributed by atoms with Crippen molar-refractivity contribution in [3.63, 3.8) is 0 Å². The average Bonchev–Trinajstić information content (AvgIpc) is 3.24. The van der Waals surface area contributed by atoms with Gasteiger partial charge in [-0.3, -0.25) is 14.2 Å². The van der Waals surface area contributed by atoms with Crippen LogP contribution in [0, 0.1) is 11.3 Å². The molecule has 0 spiro atoms. The fourth-order valence-corrected chi connectivity index (χ4v) is 5.14. The number of amides is 1. The van der Waals surface area contributed by atoms with E-state index in [0.717, 1.165) is 23.0 Å². The highest BCUT2D eigenvalue weighted by atomic mass is 35.5. The van der Waals surface area contributed by atoms with Crippen LogP contribution in [-0.4, -0.2) is 21.2 Å². The van der Waals surface area contributed by atoms with Crippen molar-refractivity contribution in [2.24, 2.45) is 0 Å². The highest BCUT2D eigenvalue weighted by Crippen LogP contribution is 2.28. The molecule has 166 valence electrons. The van der Waals surface area contributed by atoms with Gasteiger partial charge >= 0.3 is 0 Å². The predicted octanol–water partition coefficient (Wildman–Crippen LogP) is 5.83. The van der Waals surface area contributed by atoms with Gasteiger partial charge in [0.2, 0.25) is 5.91 Å². The smallest absolute Gasteiger partial charge is 0.266 e. The Hall–Kier alpha value is -3.12. The molecule has 6 nitrogen and oxygen atoms in total. The maximum atomic E-state index is 13.6. The van der Waals surface area contributed by atoms with Crippen molar-refractivity contribution in [2.75, 3.05) is 11.1 Å². The fourth-order valence-electron chi connectivity index (χ4n) is 3.41. The average molecular weight is 495 g/mol. The summed E-state index contributed by atoms with van der Waals surface area (Å²) in [6.07, 6.45) is 0. The molecule has 1 amide bonds. The van der Waals surface area contributed by atoms with Crippen LogP contribution in [0.5, 0.6) is 0 Å². The highest BCUT2D eigenvalue weighted by molar-refractivity contribution is 7.99. The minimum Gasteiger partial charge on any atom is -0.316 e. The summed E-state index contributed by atoms with van der Waals surface area (Å²) in [7, 11) is 0. The molecule has 0 aliphatic rings. The Kier molecular flexibility index (Phi) is 6.84. The van der Waals surface area contributed by atoms with Crippen molar-refractivity contribution in [3.8, 4) is 11.8 Å². The minimum absolute atomic E-state index is 0.0190. The van der Waals surface area contributed by atoms with Crippen LogP contribution in [0.2, 0.25) is 5.02 Å². The third-order valence-corrected chi connectivity index (χ3v) is 6.97. The molecule has 4 aromatic rings. The largest absolute Gasteiger partial charge is 0.316 e. The SMILES string of the molecule is CC(C)c1ccccc1-n1c(SCC(=O)Nc2sccc2C#N)nc2cc(Cl)ccc2c1=O. The van der Waals surface area contributed by atoms with E-state index in [1.807, 2.05) is 24.3 Å². The second-order valence-corrected chi connectivity index (χ2v) is 9.82. The van der Waals surface area contributed by atoms with Gasteiger partial charge in [0.25, 0.3) is 5.56 Å². The standard InChI is InChI=1S/C24H19ClN4O2S2/c1-14(2)17-5-3-4-6-20(17)29-23(31)18-8-7-16(25)11-19(18)27-24(29)33-13-21(30)28-22-15(12-26)9-10-32-22/h3-11,14H,13H2,1-2H3,(H,28,30). The zero-order valence-electron chi connectivity index (χ0n) is 17.8. The first-order valence-electron chi connectivity index (χ1n) is 10.1. The van der Waals surface area contributed by atoms with Crippen LogP contribution < -0.4 is 10.9 Å². The van der Waals surface area contributed by atoms with Gasteiger partial charge in [-0.05, 0) is 47.2 Å². The quantitative estimate of drug-likeness (QED) is 0.269. The Morgan fingerprint density at radius 2 is 2.06 bits per heavy atom. The number of nitrogens with one attached hydrogen (secondary N) is 1. The lowest BCUT2D eigenvalue weighted by molar-refractivity contribution is -0.113. The fraction of sp³-hybridized carbons (Fsp3) is 0.167. The van der Waals surface area contributed by atoms with Crippen LogP contribution in [0.4, 0.5) is 5.00 Å². The molecular weight excluding hydrogens is 476 g/mol. The van der Waals surface area contributed by atoms with E-state index in [2.05, 4.69) is 30.2 Å². The van der Waals surface area contributed by atoms with Crippen molar-refractivity contribution in [1.29, 1.82) is 5.26 Å². The number of carbonyl (C=O) groups excluding carboxylic acids is 1. The molecule has 2 aromatic carbocycles. The number of halogens is 1. The number of hydrogen-bond acceptors (Lipinski definition) is 6. The monoisotopic (exact) mass is 494 g/mol. The molecule has 0 fully saturated rings. The van der Waals surface area contributed by atoms with E-state index in [4.69, 9.17) is 16.9 Å². The van der Waals surface area contributed by atoms with Gasteiger partial charge in [0.05, 0.1) is 27.9 Å². The Labute approximate surface area is 203 Å². The van der Waals surface area contributed by atoms with Crippen LogP contribution in [0.1, 0.15) is 30.9 Å². The second kappa shape index (κ2) is 9.79. The van der Waals surface area contributed by atoms with E-state index in [0.29, 0.717) is 31.6 Å². The lowest BCUT2D eigenvalue weighted by Crippen LogP contribution is -2.24. The van der Waals surface area contributed by atoms with Gasteiger partial charge in [-0.25, -0.2) is 4.98 Å². The summed E-state index contributed by atoms with van der Waals surface area (Å²) in [5.41, 5.74) is 2.39. The number of aromatic nitrogens is 2. The summed E-state index contributed by atoms with van der Waals surface area (Å²) >= 11 is 8.58. The number of hydrogen-bond donors (Lipinski definition) is 1. The van der Waals surface area contributed by atoms with Crippen LogP contribution in [-0.2, 0) is 4.79 Å². The predicted molar refractivity (Wildman–Crippen MR) is 135 cm³/mol. The number of thioether (sulfide) groups is 1. The van der Waals surface area contributed by atoms with E-state index in [-0.39, 0.29) is 23.1 Å². The number of para-hydroxylation sites is 1. The number of anilines is 1. The first kappa shape index (κ1) is 23.1. The third-order valence-electron chi connectivity index (χ3n) is 4.97. The Morgan fingerprint density at radius 1 is 1.27 bits per heavy atom. The van der Waals surface area contributed by atoms with Crippen molar-refractivity contribution in [2.45, 2.75) is 24.9 Å². The molecule has 4 rings (SSSR count). The van der Waals surface area contributed by atoms with Gasteiger partial charge < -0.3 is 5.32 Å². The summed E-state index contributed by atoms with van der Waals surface area (Å²) in [6.45, 7) is 4.12. The van der Waals surface area contributed by atoms with E-state index in [9.17, 15) is 9.59 Å². The Bertz CT molecular complexity index is 1450. The molecule has 9 heteroatoms. The minimum atomic E-state index is -0.289. The van der Waals surface area contributed by atoms with Gasteiger partial charge in [-0.1, -0.05) is 55.4 Å². The number of nitriles is 1. The van der Waals surface area contributed by atoms with Crippen molar-refractivity contribution < 1.29 is 4.79 Å². The summed E-state index contributed by atoms with van der Waals surface area (Å²) in [4.78, 5) is 30.8. The first-order valence-corrected chi connectivity index (χ1v) is 12.3. The third kappa shape index (κ3) is 4.81. The number of benzene rings is 2. The molecule has 0 saturated heterocycles. The summed E-state index contributed by atoms with van der Waals surface area (Å²) in [5, 5.41) is 15.5. The summed E-state index contributed by atoms with van der Waals surface area (Å²) in [5.74, 6) is -0.0908. The van der Waals surface area contributed by atoms with Crippen LogP contribution >= 0.6 is 34.7 Å². The number of thiophene rings is 1. The Balaban J connectivity index is 1.77. The summed E-state index contributed by atoms with van der Waals surface area (Å²) in [6, 6.07) is 16.4. The van der Waals surface area contributed by atoms with Crippen LogP contribution in [0.15, 0.2) is 63.9 Å². The van der Waals surface area contributed by atoms with E-state index >= 15 is 0 Å². The molecular formula is C24H19ClN4O2S2. The molecule has 2 heterocycles. The molecule has 0 aliphatic heterocycles. The molecule has 0 radical (unpaired) electrons. The lowest BCUT2D eigenvalue weighted by atomic mass is 10.0. The van der Waals surface area contributed by atoms with Crippen LogP contribution in [0.3, 0.4) is 0 Å². The van der Waals surface area contributed by atoms with Gasteiger partial charge in [-0.15, -0.1) is 11.3 Å². The summed E-state index contributed by atoms with van der Waals surface area (Å²) < 4.78 is 1.56. The molecule has 0 atom stereocenters. The van der Waals surface area contributed by atoms with Crippen LogP contribution in [0.25, 0.3) is 16.6 Å². The highest BCUT2D eigenvalue weighted by Gasteiger charge is 2.18. The van der Waals surface area contributed by atoms with E-state index in [1.54, 1.807) is 34.2 Å². The normalized spacial score (nSPS) is 11.0. The number of carbonyl (C=O) groups is 1. The van der Waals surface area contributed by atoms with Gasteiger partial charge in [0, 0.05) is 5.02 Å². The molecule has 0 unspecified atom stereocenters. The van der Waals surface area contributed by atoms with Gasteiger partial charge in [-0.2, -0.15) is 5.26 Å². The topological polar surface area (TPSA) is 87.8 Å². The molecule has 1 N–H and O–H groups in total. The van der Waals surface area contributed by atoms with E-state index < -0.39 is 0 Å². The number of fused-ring (bicyclic) bond motifs is 1. The molecule has 0 saturated carbocycles. The van der Waals surface area contributed by atoms with Crippen molar-refractivity contribution >= 4 is 56.5 Å². The molecule has 0 aliphatic carbocycles. The lowest BCUT2D eigenvalue weighted by Gasteiger charge is -2.18. The van der Waals surface area contributed by atoms with Crippen molar-refractivity contribution in [3.05, 3.63) is 80.4 Å². The molecule has 33 heavy (non-hydrogen) atoms. The number of rotatable bonds is 6.